The lowest BCUT2D eigenvalue weighted by Crippen LogP contribution is -2.27. The molecule has 0 atom stereocenters. The van der Waals surface area contributed by atoms with Crippen LogP contribution in [0.5, 0.6) is 0 Å². The summed E-state index contributed by atoms with van der Waals surface area (Å²) >= 11 is 0. The Morgan fingerprint density at radius 1 is 1.32 bits per heavy atom. The minimum absolute atomic E-state index is 0.0254. The number of sulfonamides is 1. The largest absolute Gasteiger partial charge is 0.478 e. The van der Waals surface area contributed by atoms with Crippen molar-refractivity contribution in [3.05, 3.63) is 28.8 Å². The Balaban J connectivity index is 2.36. The van der Waals surface area contributed by atoms with Gasteiger partial charge in [-0.15, -0.1) is 0 Å². The average molecular weight is 283 g/mol. The Hall–Kier alpha value is -1.40. The van der Waals surface area contributed by atoms with Gasteiger partial charge in [-0.3, -0.25) is 0 Å². The molecule has 0 saturated heterocycles. The number of hydrogen-bond acceptors (Lipinski definition) is 3. The van der Waals surface area contributed by atoms with Gasteiger partial charge in [-0.25, -0.2) is 17.9 Å². The first-order valence-electron chi connectivity index (χ1n) is 6.15. The topological polar surface area (TPSA) is 83.5 Å². The number of aryl methyl sites for hydroxylation is 2. The lowest BCUT2D eigenvalue weighted by atomic mass is 10.1. The predicted octanol–water partition coefficient (Wildman–Crippen LogP) is 1.69. The van der Waals surface area contributed by atoms with Crippen molar-refractivity contribution in [3.63, 3.8) is 0 Å². The lowest BCUT2D eigenvalue weighted by Gasteiger charge is -2.11. The summed E-state index contributed by atoms with van der Waals surface area (Å²) in [7, 11) is -3.63. The summed E-state index contributed by atoms with van der Waals surface area (Å²) < 4.78 is 26.9. The van der Waals surface area contributed by atoms with Gasteiger partial charge in [-0.1, -0.05) is 6.07 Å². The van der Waals surface area contributed by atoms with Gasteiger partial charge in [0.2, 0.25) is 10.0 Å². The van der Waals surface area contributed by atoms with Crippen molar-refractivity contribution in [1.29, 1.82) is 0 Å². The monoisotopic (exact) mass is 283 g/mol. The van der Waals surface area contributed by atoms with Crippen LogP contribution < -0.4 is 4.72 Å². The molecule has 1 saturated carbocycles. The Morgan fingerprint density at radius 2 is 1.95 bits per heavy atom. The van der Waals surface area contributed by atoms with E-state index in [1.807, 2.05) is 0 Å². The summed E-state index contributed by atoms with van der Waals surface area (Å²) in [6.07, 6.45) is 2.10. The van der Waals surface area contributed by atoms with Crippen LogP contribution in [-0.2, 0) is 10.0 Å². The fourth-order valence-corrected chi connectivity index (χ4v) is 3.35. The molecule has 0 bridgehead atoms. The number of carboxylic acid groups (broad SMARTS) is 1. The summed E-state index contributed by atoms with van der Waals surface area (Å²) in [5, 5.41) is 9.06. The fourth-order valence-electron chi connectivity index (χ4n) is 1.98. The van der Waals surface area contributed by atoms with Gasteiger partial charge < -0.3 is 5.11 Å². The Labute approximate surface area is 112 Å². The van der Waals surface area contributed by atoms with Crippen LogP contribution >= 0.6 is 0 Å². The van der Waals surface area contributed by atoms with Crippen LogP contribution in [0.3, 0.4) is 0 Å². The van der Waals surface area contributed by atoms with Crippen molar-refractivity contribution in [2.45, 2.75) is 31.6 Å². The molecule has 1 fully saturated rings. The summed E-state index contributed by atoms with van der Waals surface area (Å²) in [5.41, 5.74) is 1.15. The molecule has 1 aromatic rings. The Kier molecular flexibility index (Phi) is 3.64. The molecular weight excluding hydrogens is 266 g/mol. The molecule has 19 heavy (non-hydrogen) atoms. The number of carbonyl (C=O) groups is 1. The Morgan fingerprint density at radius 3 is 2.47 bits per heavy atom. The molecule has 0 spiro atoms. The molecule has 6 heteroatoms. The van der Waals surface area contributed by atoms with Crippen molar-refractivity contribution < 1.29 is 18.3 Å². The third-order valence-corrected chi connectivity index (χ3v) is 4.87. The standard InChI is InChI=1S/C13H17NO4S/c1-8-5-9(2)12(6-11(8)13(15)16)19(17,18)14-7-10-3-4-10/h5-6,10,14H,3-4,7H2,1-2H3,(H,15,16). The van der Waals surface area contributed by atoms with Gasteiger partial charge >= 0.3 is 5.97 Å². The number of aromatic carboxylic acids is 1. The smallest absolute Gasteiger partial charge is 0.335 e. The van der Waals surface area contributed by atoms with E-state index in [1.54, 1.807) is 19.9 Å². The van der Waals surface area contributed by atoms with E-state index in [4.69, 9.17) is 5.11 Å². The second kappa shape index (κ2) is 4.94. The second-order valence-electron chi connectivity index (χ2n) is 5.03. The molecule has 104 valence electrons. The van der Waals surface area contributed by atoms with Crippen molar-refractivity contribution >= 4 is 16.0 Å². The maximum Gasteiger partial charge on any atom is 0.335 e. The molecule has 2 N–H and O–H groups in total. The maximum absolute atomic E-state index is 12.2. The van der Waals surface area contributed by atoms with Crippen LogP contribution in [-0.4, -0.2) is 26.0 Å². The first kappa shape index (κ1) is 14.0. The molecule has 0 heterocycles. The van der Waals surface area contributed by atoms with E-state index in [1.165, 1.54) is 6.07 Å². The summed E-state index contributed by atoms with van der Waals surface area (Å²) in [5.74, 6) is -0.685. The number of rotatable bonds is 5. The van der Waals surface area contributed by atoms with Gasteiger partial charge in [0.1, 0.15) is 0 Å². The molecule has 5 nitrogen and oxygen atoms in total. The van der Waals surface area contributed by atoms with Crippen molar-refractivity contribution in [2.24, 2.45) is 5.92 Å². The molecule has 0 aromatic heterocycles. The minimum Gasteiger partial charge on any atom is -0.478 e. The van der Waals surface area contributed by atoms with E-state index in [0.717, 1.165) is 12.8 Å². The first-order valence-corrected chi connectivity index (χ1v) is 7.64. The Bertz CT molecular complexity index is 618. The van der Waals surface area contributed by atoms with Gasteiger partial charge in [0.25, 0.3) is 0 Å². The molecule has 2 rings (SSSR count). The zero-order chi connectivity index (χ0) is 14.2. The van der Waals surface area contributed by atoms with E-state index >= 15 is 0 Å². The fraction of sp³-hybridized carbons (Fsp3) is 0.462. The highest BCUT2D eigenvalue weighted by atomic mass is 32.2. The van der Waals surface area contributed by atoms with Crippen LogP contribution in [0.2, 0.25) is 0 Å². The minimum atomic E-state index is -3.63. The van der Waals surface area contributed by atoms with E-state index in [-0.39, 0.29) is 10.5 Å². The van der Waals surface area contributed by atoms with Crippen molar-refractivity contribution in [1.82, 2.24) is 4.72 Å². The first-order chi connectivity index (χ1) is 8.81. The molecule has 0 aliphatic heterocycles. The maximum atomic E-state index is 12.2. The van der Waals surface area contributed by atoms with E-state index < -0.39 is 16.0 Å². The highest BCUT2D eigenvalue weighted by molar-refractivity contribution is 7.89. The highest BCUT2D eigenvalue weighted by Crippen LogP contribution is 2.28. The quantitative estimate of drug-likeness (QED) is 0.861. The predicted molar refractivity (Wildman–Crippen MR) is 70.8 cm³/mol. The molecule has 0 unspecified atom stereocenters. The summed E-state index contributed by atoms with van der Waals surface area (Å²) in [6.45, 7) is 3.76. The average Bonchev–Trinajstić information content (AvgIpc) is 3.09. The molecule has 1 aliphatic rings. The van der Waals surface area contributed by atoms with Gasteiger partial charge in [0.15, 0.2) is 0 Å². The van der Waals surface area contributed by atoms with E-state index in [9.17, 15) is 13.2 Å². The van der Waals surface area contributed by atoms with Crippen LogP contribution in [0, 0.1) is 19.8 Å². The van der Waals surface area contributed by atoms with Gasteiger partial charge in [-0.2, -0.15) is 0 Å². The zero-order valence-corrected chi connectivity index (χ0v) is 11.8. The number of benzene rings is 1. The third kappa shape index (κ3) is 3.13. The number of nitrogens with one attached hydrogen (secondary N) is 1. The van der Waals surface area contributed by atoms with E-state index in [2.05, 4.69) is 4.72 Å². The third-order valence-electron chi connectivity index (χ3n) is 3.30. The highest BCUT2D eigenvalue weighted by Gasteiger charge is 2.26. The normalized spacial score (nSPS) is 15.5. The summed E-state index contributed by atoms with van der Waals surface area (Å²) in [6, 6.07) is 2.83. The molecule has 0 radical (unpaired) electrons. The number of hydrogen-bond donors (Lipinski definition) is 2. The van der Waals surface area contributed by atoms with Crippen LogP contribution in [0.1, 0.15) is 34.3 Å². The molecule has 1 aliphatic carbocycles. The van der Waals surface area contributed by atoms with Gasteiger partial charge in [0, 0.05) is 6.54 Å². The van der Waals surface area contributed by atoms with Gasteiger partial charge in [-0.05, 0) is 49.8 Å². The second-order valence-corrected chi connectivity index (χ2v) is 6.77. The molecule has 0 amide bonds. The van der Waals surface area contributed by atoms with Crippen molar-refractivity contribution in [3.8, 4) is 0 Å². The van der Waals surface area contributed by atoms with Crippen LogP contribution in [0.25, 0.3) is 0 Å². The van der Waals surface area contributed by atoms with Gasteiger partial charge in [0.05, 0.1) is 10.5 Å². The van der Waals surface area contributed by atoms with Crippen molar-refractivity contribution in [2.75, 3.05) is 6.54 Å². The van der Waals surface area contributed by atoms with Crippen LogP contribution in [0.4, 0.5) is 0 Å². The zero-order valence-electron chi connectivity index (χ0n) is 10.9. The van der Waals surface area contributed by atoms with Crippen LogP contribution in [0.15, 0.2) is 17.0 Å². The SMILES string of the molecule is Cc1cc(C)c(S(=O)(=O)NCC2CC2)cc1C(=O)O. The summed E-state index contributed by atoms with van der Waals surface area (Å²) in [4.78, 5) is 11.1. The molecular formula is C13H17NO4S. The lowest BCUT2D eigenvalue weighted by molar-refractivity contribution is 0.0696. The van der Waals surface area contributed by atoms with E-state index in [0.29, 0.717) is 23.6 Å². The number of carboxylic acids is 1. The molecule has 1 aromatic carbocycles.